The Bertz CT molecular complexity index is 828. The molecule has 0 spiro atoms. The average molecular weight is 405 g/mol. The molecule has 2 heterocycles. The van der Waals surface area contributed by atoms with Crippen molar-refractivity contribution in [3.8, 4) is 0 Å². The summed E-state index contributed by atoms with van der Waals surface area (Å²) in [6.45, 7) is 1.93. The summed E-state index contributed by atoms with van der Waals surface area (Å²) >= 11 is 3.15. The van der Waals surface area contributed by atoms with E-state index in [4.69, 9.17) is 4.42 Å². The Labute approximate surface area is 153 Å². The van der Waals surface area contributed by atoms with E-state index in [0.717, 1.165) is 5.56 Å². The highest BCUT2D eigenvalue weighted by Crippen LogP contribution is 2.36. The number of benzene rings is 1. The first-order valence-corrected chi connectivity index (χ1v) is 8.74. The van der Waals surface area contributed by atoms with Gasteiger partial charge in [0, 0.05) is 18.2 Å². The van der Waals surface area contributed by atoms with Crippen molar-refractivity contribution < 1.29 is 18.8 Å². The lowest BCUT2D eigenvalue weighted by atomic mass is 9.72. The third-order valence-corrected chi connectivity index (χ3v) is 5.01. The number of furan rings is 1. The molecule has 1 aromatic carbocycles. The van der Waals surface area contributed by atoms with E-state index in [2.05, 4.69) is 26.6 Å². The van der Waals surface area contributed by atoms with Crippen molar-refractivity contribution in [2.75, 3.05) is 5.32 Å². The Morgan fingerprint density at radius 3 is 2.60 bits per heavy atom. The number of carbonyl (C=O) groups is 3. The van der Waals surface area contributed by atoms with Gasteiger partial charge in [-0.15, -0.1) is 0 Å². The third kappa shape index (κ3) is 3.37. The van der Waals surface area contributed by atoms with E-state index in [9.17, 15) is 14.4 Å². The van der Waals surface area contributed by atoms with Crippen LogP contribution in [0.15, 0.2) is 45.7 Å². The second-order valence-corrected chi connectivity index (χ2v) is 6.77. The van der Waals surface area contributed by atoms with E-state index in [0.29, 0.717) is 35.2 Å². The van der Waals surface area contributed by atoms with Crippen LogP contribution in [-0.4, -0.2) is 17.7 Å². The summed E-state index contributed by atoms with van der Waals surface area (Å²) in [7, 11) is 0. The van der Waals surface area contributed by atoms with Gasteiger partial charge in [-0.25, -0.2) is 0 Å². The molecule has 1 atom stereocenters. The number of halogens is 1. The number of imide groups is 1. The number of nitrogens with one attached hydrogen (secondary N) is 2. The minimum Gasteiger partial charge on any atom is -0.457 e. The fourth-order valence-electron chi connectivity index (χ4n) is 3.07. The van der Waals surface area contributed by atoms with E-state index < -0.39 is 5.41 Å². The predicted octanol–water partition coefficient (Wildman–Crippen LogP) is 3.38. The first kappa shape index (κ1) is 17.4. The Kier molecular flexibility index (Phi) is 4.76. The maximum atomic E-state index is 12.4. The molecule has 0 aliphatic carbocycles. The van der Waals surface area contributed by atoms with Crippen LogP contribution in [0.25, 0.3) is 0 Å². The minimum atomic E-state index is -0.703. The van der Waals surface area contributed by atoms with Gasteiger partial charge in [0.15, 0.2) is 4.67 Å². The Hall–Kier alpha value is -2.41. The Morgan fingerprint density at radius 2 is 2.04 bits per heavy atom. The van der Waals surface area contributed by atoms with Gasteiger partial charge in [0.1, 0.15) is 6.26 Å². The van der Waals surface area contributed by atoms with Crippen LogP contribution in [-0.2, 0) is 15.0 Å². The van der Waals surface area contributed by atoms with E-state index in [1.807, 2.05) is 19.1 Å². The van der Waals surface area contributed by atoms with E-state index >= 15 is 0 Å². The molecule has 1 aromatic heterocycles. The van der Waals surface area contributed by atoms with Gasteiger partial charge in [0.25, 0.3) is 5.91 Å². The summed E-state index contributed by atoms with van der Waals surface area (Å²) in [6.07, 6.45) is 2.78. The fourth-order valence-corrected chi connectivity index (χ4v) is 3.41. The molecule has 130 valence electrons. The van der Waals surface area contributed by atoms with E-state index in [-0.39, 0.29) is 17.7 Å². The molecule has 1 fully saturated rings. The maximum Gasteiger partial charge on any atom is 0.258 e. The zero-order valence-corrected chi connectivity index (χ0v) is 15.2. The highest BCUT2D eigenvalue weighted by atomic mass is 79.9. The first-order chi connectivity index (χ1) is 11.9. The van der Waals surface area contributed by atoms with Crippen molar-refractivity contribution in [1.82, 2.24) is 5.32 Å². The first-order valence-electron chi connectivity index (χ1n) is 7.95. The van der Waals surface area contributed by atoms with E-state index in [1.165, 1.54) is 6.26 Å². The maximum absolute atomic E-state index is 12.4. The average Bonchev–Trinajstić information content (AvgIpc) is 3.03. The summed E-state index contributed by atoms with van der Waals surface area (Å²) in [5, 5.41) is 5.20. The van der Waals surface area contributed by atoms with Crippen LogP contribution >= 0.6 is 15.9 Å². The van der Waals surface area contributed by atoms with Crippen LogP contribution < -0.4 is 10.6 Å². The van der Waals surface area contributed by atoms with Crippen molar-refractivity contribution in [1.29, 1.82) is 0 Å². The normalized spacial score (nSPS) is 20.2. The van der Waals surface area contributed by atoms with Crippen molar-refractivity contribution in [3.05, 3.63) is 52.4 Å². The van der Waals surface area contributed by atoms with Gasteiger partial charge in [-0.1, -0.05) is 19.1 Å². The van der Waals surface area contributed by atoms with Gasteiger partial charge in [-0.2, -0.15) is 0 Å². The monoisotopic (exact) mass is 404 g/mol. The molecular weight excluding hydrogens is 388 g/mol. The fraction of sp³-hybridized carbons (Fsp3) is 0.278. The van der Waals surface area contributed by atoms with Crippen LogP contribution in [0.3, 0.4) is 0 Å². The molecular formula is C18H17BrN2O4. The third-order valence-electron chi connectivity index (χ3n) is 4.59. The lowest BCUT2D eigenvalue weighted by molar-refractivity contribution is -0.138. The minimum absolute atomic E-state index is 0.232. The summed E-state index contributed by atoms with van der Waals surface area (Å²) in [6, 6.07) is 8.73. The highest BCUT2D eigenvalue weighted by molar-refractivity contribution is 9.10. The molecule has 1 aliphatic rings. The summed E-state index contributed by atoms with van der Waals surface area (Å²) in [5.41, 5.74) is 1.16. The zero-order valence-electron chi connectivity index (χ0n) is 13.6. The van der Waals surface area contributed by atoms with Gasteiger partial charge < -0.3 is 9.73 Å². The zero-order chi connectivity index (χ0) is 18.0. The van der Waals surface area contributed by atoms with Crippen LogP contribution in [0.5, 0.6) is 0 Å². The molecule has 2 aromatic rings. The molecule has 25 heavy (non-hydrogen) atoms. The molecule has 0 saturated carbocycles. The molecule has 1 unspecified atom stereocenters. The Balaban J connectivity index is 1.78. The van der Waals surface area contributed by atoms with Crippen LogP contribution in [0.1, 0.15) is 42.1 Å². The van der Waals surface area contributed by atoms with E-state index in [1.54, 1.807) is 18.2 Å². The molecule has 1 aliphatic heterocycles. The molecule has 2 N–H and O–H groups in total. The molecule has 0 bridgehead atoms. The van der Waals surface area contributed by atoms with Crippen molar-refractivity contribution >= 4 is 39.3 Å². The largest absolute Gasteiger partial charge is 0.457 e. The molecule has 7 heteroatoms. The number of rotatable bonds is 4. The second-order valence-electron chi connectivity index (χ2n) is 5.98. The predicted molar refractivity (Wildman–Crippen MR) is 95.2 cm³/mol. The molecule has 3 amide bonds. The highest BCUT2D eigenvalue weighted by Gasteiger charge is 2.42. The van der Waals surface area contributed by atoms with Crippen molar-refractivity contribution in [3.63, 3.8) is 0 Å². The number of anilines is 1. The number of hydrogen-bond donors (Lipinski definition) is 2. The van der Waals surface area contributed by atoms with Crippen molar-refractivity contribution in [2.45, 2.75) is 31.6 Å². The van der Waals surface area contributed by atoms with Gasteiger partial charge in [0.05, 0.1) is 11.0 Å². The SMILES string of the molecule is CCC1(c2ccc(NC(=O)c3coc(Br)c3)cc2)CCC(=O)NC1=O. The van der Waals surface area contributed by atoms with Crippen LogP contribution in [0.4, 0.5) is 5.69 Å². The summed E-state index contributed by atoms with van der Waals surface area (Å²) < 4.78 is 5.54. The van der Waals surface area contributed by atoms with Crippen LogP contribution in [0.2, 0.25) is 0 Å². The number of piperidine rings is 1. The molecule has 1 saturated heterocycles. The topological polar surface area (TPSA) is 88.4 Å². The van der Waals surface area contributed by atoms with Gasteiger partial charge in [0.2, 0.25) is 11.8 Å². The quantitative estimate of drug-likeness (QED) is 0.764. The standard InChI is InChI=1S/C18H17BrN2O4/c1-2-18(8-7-15(22)21-17(18)24)12-3-5-13(6-4-12)20-16(23)11-9-14(19)25-10-11/h3-6,9-10H,2,7-8H2,1H3,(H,20,23)(H,21,22,24). The molecule has 0 radical (unpaired) electrons. The van der Waals surface area contributed by atoms with Crippen LogP contribution in [0, 0.1) is 0 Å². The molecule has 3 rings (SSSR count). The van der Waals surface area contributed by atoms with Crippen molar-refractivity contribution in [2.24, 2.45) is 0 Å². The van der Waals surface area contributed by atoms with Gasteiger partial charge in [-0.05, 0) is 46.5 Å². The smallest absolute Gasteiger partial charge is 0.258 e. The number of carbonyl (C=O) groups excluding carboxylic acids is 3. The number of hydrogen-bond acceptors (Lipinski definition) is 4. The Morgan fingerprint density at radius 1 is 1.32 bits per heavy atom. The van der Waals surface area contributed by atoms with Gasteiger partial charge >= 0.3 is 0 Å². The summed E-state index contributed by atoms with van der Waals surface area (Å²) in [5.74, 6) is -0.774. The lowest BCUT2D eigenvalue weighted by Crippen LogP contribution is -2.51. The van der Waals surface area contributed by atoms with Gasteiger partial charge in [-0.3, -0.25) is 19.7 Å². The summed E-state index contributed by atoms with van der Waals surface area (Å²) in [4.78, 5) is 35.9. The second kappa shape index (κ2) is 6.84. The lowest BCUT2D eigenvalue weighted by Gasteiger charge is -2.35. The molecule has 6 nitrogen and oxygen atoms in total. The number of amides is 3.